The van der Waals surface area contributed by atoms with Gasteiger partial charge in [-0.2, -0.15) is 0 Å². The van der Waals surface area contributed by atoms with Gasteiger partial charge in [0.25, 0.3) is 0 Å². The van der Waals surface area contributed by atoms with Crippen molar-refractivity contribution in [1.29, 1.82) is 0 Å². The van der Waals surface area contributed by atoms with Gasteiger partial charge in [-0.3, -0.25) is 0 Å². The molecular formula is C19H30O. The average Bonchev–Trinajstić information content (AvgIpc) is 2.52. The van der Waals surface area contributed by atoms with Crippen molar-refractivity contribution in [2.24, 2.45) is 5.92 Å². The Bertz CT molecular complexity index is 360. The van der Waals surface area contributed by atoms with Crippen LogP contribution in [0, 0.1) is 5.92 Å². The quantitative estimate of drug-likeness (QED) is 0.621. The minimum absolute atomic E-state index is 0.341. The molecule has 2 rings (SSSR count). The molecule has 1 aliphatic heterocycles. The van der Waals surface area contributed by atoms with Gasteiger partial charge in [0.05, 0.1) is 12.7 Å². The smallest absolute Gasteiger partial charge is 0.0825 e. The topological polar surface area (TPSA) is 9.23 Å². The lowest BCUT2D eigenvalue weighted by molar-refractivity contribution is -0.0198. The fraction of sp³-hybridized carbons (Fsp3) is 0.684. The summed E-state index contributed by atoms with van der Waals surface area (Å²) in [6, 6.07) is 9.14. The molecular weight excluding hydrogens is 244 g/mol. The molecule has 1 saturated heterocycles. The van der Waals surface area contributed by atoms with Gasteiger partial charge in [-0.05, 0) is 49.1 Å². The van der Waals surface area contributed by atoms with Crippen molar-refractivity contribution < 1.29 is 4.74 Å². The minimum atomic E-state index is 0.341. The third kappa shape index (κ3) is 4.63. The molecule has 1 aromatic carbocycles. The van der Waals surface area contributed by atoms with Crippen LogP contribution in [0.5, 0.6) is 0 Å². The highest BCUT2D eigenvalue weighted by Gasteiger charge is 2.22. The number of hydrogen-bond acceptors (Lipinski definition) is 1. The third-order valence-corrected chi connectivity index (χ3v) is 4.51. The Morgan fingerprint density at radius 3 is 2.35 bits per heavy atom. The van der Waals surface area contributed by atoms with Crippen LogP contribution < -0.4 is 0 Å². The molecule has 0 radical (unpaired) electrons. The highest BCUT2D eigenvalue weighted by Crippen LogP contribution is 2.32. The molecule has 112 valence electrons. The normalized spacial score (nSPS) is 22.9. The second-order valence-electron chi connectivity index (χ2n) is 6.25. The fourth-order valence-corrected chi connectivity index (χ4v) is 3.07. The van der Waals surface area contributed by atoms with Crippen molar-refractivity contribution in [3.8, 4) is 0 Å². The van der Waals surface area contributed by atoms with E-state index in [1.165, 1.54) is 62.5 Å². The van der Waals surface area contributed by atoms with Gasteiger partial charge in [0.15, 0.2) is 0 Å². The van der Waals surface area contributed by atoms with Gasteiger partial charge in [-0.1, -0.05) is 57.4 Å². The van der Waals surface area contributed by atoms with Gasteiger partial charge in [0.2, 0.25) is 0 Å². The van der Waals surface area contributed by atoms with E-state index in [0.717, 1.165) is 12.5 Å². The number of hydrogen-bond donors (Lipinski definition) is 0. The third-order valence-electron chi connectivity index (χ3n) is 4.51. The standard InChI is InChI=1S/C19H30O/c1-3-5-7-16-9-12-18(13-10-16)19-14-11-17(15-20-19)8-6-4-2/h9-10,12-13,17,19H,3-8,11,14-15H2,1-2H3. The molecule has 2 unspecified atom stereocenters. The van der Waals surface area contributed by atoms with E-state index in [4.69, 9.17) is 4.74 Å². The maximum absolute atomic E-state index is 6.09. The molecule has 1 aliphatic rings. The molecule has 0 N–H and O–H groups in total. The average molecular weight is 274 g/mol. The number of benzene rings is 1. The van der Waals surface area contributed by atoms with Gasteiger partial charge >= 0.3 is 0 Å². The second-order valence-corrected chi connectivity index (χ2v) is 6.25. The Balaban J connectivity index is 1.81. The van der Waals surface area contributed by atoms with E-state index in [1.54, 1.807) is 0 Å². The Labute approximate surface area is 124 Å². The Morgan fingerprint density at radius 2 is 1.75 bits per heavy atom. The molecule has 20 heavy (non-hydrogen) atoms. The van der Waals surface area contributed by atoms with E-state index in [1.807, 2.05) is 0 Å². The summed E-state index contributed by atoms with van der Waals surface area (Å²) in [4.78, 5) is 0. The van der Waals surface area contributed by atoms with E-state index in [9.17, 15) is 0 Å². The molecule has 1 fully saturated rings. The van der Waals surface area contributed by atoms with Gasteiger partial charge in [0, 0.05) is 0 Å². The molecule has 0 amide bonds. The number of aryl methyl sites for hydroxylation is 1. The van der Waals surface area contributed by atoms with E-state index >= 15 is 0 Å². The Hall–Kier alpha value is -0.820. The van der Waals surface area contributed by atoms with E-state index < -0.39 is 0 Å². The second kappa shape index (κ2) is 8.46. The highest BCUT2D eigenvalue weighted by molar-refractivity contribution is 5.24. The lowest BCUT2D eigenvalue weighted by Gasteiger charge is -2.29. The van der Waals surface area contributed by atoms with Crippen LogP contribution in [0.4, 0.5) is 0 Å². The lowest BCUT2D eigenvalue weighted by atomic mass is 9.91. The zero-order chi connectivity index (χ0) is 14.2. The van der Waals surface area contributed by atoms with Gasteiger partial charge < -0.3 is 4.74 Å². The van der Waals surface area contributed by atoms with Gasteiger partial charge in [-0.25, -0.2) is 0 Å². The maximum atomic E-state index is 6.09. The van der Waals surface area contributed by atoms with E-state index in [0.29, 0.717) is 6.10 Å². The predicted molar refractivity (Wildman–Crippen MR) is 86.0 cm³/mol. The molecule has 1 heterocycles. The van der Waals surface area contributed by atoms with Crippen molar-refractivity contribution in [2.45, 2.75) is 71.3 Å². The molecule has 2 atom stereocenters. The fourth-order valence-electron chi connectivity index (χ4n) is 3.07. The zero-order valence-corrected chi connectivity index (χ0v) is 13.2. The molecule has 0 aromatic heterocycles. The number of rotatable bonds is 7. The summed E-state index contributed by atoms with van der Waals surface area (Å²) in [5, 5.41) is 0. The predicted octanol–water partition coefficient (Wildman–Crippen LogP) is 5.69. The summed E-state index contributed by atoms with van der Waals surface area (Å²) in [7, 11) is 0. The van der Waals surface area contributed by atoms with E-state index in [-0.39, 0.29) is 0 Å². The Kier molecular flexibility index (Phi) is 6.59. The molecule has 1 nitrogen and oxygen atoms in total. The monoisotopic (exact) mass is 274 g/mol. The highest BCUT2D eigenvalue weighted by atomic mass is 16.5. The van der Waals surface area contributed by atoms with Crippen LogP contribution in [0.25, 0.3) is 0 Å². The Morgan fingerprint density at radius 1 is 1.00 bits per heavy atom. The van der Waals surface area contributed by atoms with Gasteiger partial charge in [-0.15, -0.1) is 0 Å². The van der Waals surface area contributed by atoms with Crippen LogP contribution >= 0.6 is 0 Å². The van der Waals surface area contributed by atoms with Crippen molar-refractivity contribution in [3.05, 3.63) is 35.4 Å². The molecule has 0 spiro atoms. The largest absolute Gasteiger partial charge is 0.373 e. The van der Waals surface area contributed by atoms with Crippen LogP contribution in [0.3, 0.4) is 0 Å². The van der Waals surface area contributed by atoms with Crippen LogP contribution in [0.2, 0.25) is 0 Å². The lowest BCUT2D eigenvalue weighted by Crippen LogP contribution is -2.20. The summed E-state index contributed by atoms with van der Waals surface area (Å²) < 4.78 is 6.09. The van der Waals surface area contributed by atoms with Crippen LogP contribution in [0.15, 0.2) is 24.3 Å². The first kappa shape index (κ1) is 15.6. The summed E-state index contributed by atoms with van der Waals surface area (Å²) in [5.41, 5.74) is 2.84. The van der Waals surface area contributed by atoms with E-state index in [2.05, 4.69) is 38.1 Å². The number of ether oxygens (including phenoxy) is 1. The minimum Gasteiger partial charge on any atom is -0.373 e. The maximum Gasteiger partial charge on any atom is 0.0825 e. The molecule has 0 aliphatic carbocycles. The summed E-state index contributed by atoms with van der Waals surface area (Å²) in [6.45, 7) is 5.48. The molecule has 1 heteroatoms. The summed E-state index contributed by atoms with van der Waals surface area (Å²) >= 11 is 0. The SMILES string of the molecule is CCCCc1ccc(C2CCC(CCCC)CO2)cc1. The molecule has 0 bridgehead atoms. The van der Waals surface area contributed by atoms with Gasteiger partial charge in [0.1, 0.15) is 0 Å². The van der Waals surface area contributed by atoms with Crippen LogP contribution in [-0.4, -0.2) is 6.61 Å². The first-order valence-corrected chi connectivity index (χ1v) is 8.54. The molecule has 0 saturated carbocycles. The number of unbranched alkanes of at least 4 members (excludes halogenated alkanes) is 2. The molecule has 1 aromatic rings. The van der Waals surface area contributed by atoms with Crippen molar-refractivity contribution in [2.75, 3.05) is 6.61 Å². The summed E-state index contributed by atoms with van der Waals surface area (Å²) in [5.74, 6) is 0.801. The summed E-state index contributed by atoms with van der Waals surface area (Å²) in [6.07, 6.45) is 10.6. The van der Waals surface area contributed by atoms with Crippen molar-refractivity contribution >= 4 is 0 Å². The zero-order valence-electron chi connectivity index (χ0n) is 13.2. The van der Waals surface area contributed by atoms with Crippen LogP contribution in [0.1, 0.15) is 76.0 Å². The van der Waals surface area contributed by atoms with Crippen molar-refractivity contribution in [3.63, 3.8) is 0 Å². The van der Waals surface area contributed by atoms with Crippen molar-refractivity contribution in [1.82, 2.24) is 0 Å². The van der Waals surface area contributed by atoms with Crippen LogP contribution in [-0.2, 0) is 11.2 Å². The first-order chi connectivity index (χ1) is 9.83. The first-order valence-electron chi connectivity index (χ1n) is 8.54.